The molecule has 4 heteroatoms. The van der Waals surface area contributed by atoms with Crippen LogP contribution in [-0.4, -0.2) is 19.6 Å². The van der Waals surface area contributed by atoms with Gasteiger partial charge in [0.1, 0.15) is 6.07 Å². The van der Waals surface area contributed by atoms with Gasteiger partial charge in [0.15, 0.2) is 0 Å². The van der Waals surface area contributed by atoms with Crippen LogP contribution in [0.3, 0.4) is 0 Å². The maximum Gasteiger partial charge on any atom is 0.313 e. The Bertz CT molecular complexity index is 447. The van der Waals surface area contributed by atoms with Gasteiger partial charge in [0.25, 0.3) is 0 Å². The van der Waals surface area contributed by atoms with Crippen LogP contribution < -0.4 is 5.32 Å². The lowest BCUT2D eigenvalue weighted by molar-refractivity contribution is -0.149. The van der Waals surface area contributed by atoms with E-state index in [1.165, 1.54) is 7.11 Å². The van der Waals surface area contributed by atoms with Crippen LogP contribution in [0.25, 0.3) is 0 Å². The van der Waals surface area contributed by atoms with Crippen LogP contribution in [0.5, 0.6) is 0 Å². The molecule has 0 saturated carbocycles. The zero-order valence-corrected chi connectivity index (χ0v) is 10.3. The Labute approximate surface area is 101 Å². The Balaban J connectivity index is 2.74. The van der Waals surface area contributed by atoms with E-state index < -0.39 is 5.41 Å². The van der Waals surface area contributed by atoms with Crippen molar-refractivity contribution in [3.05, 3.63) is 29.8 Å². The number of hydrogen-bond acceptors (Lipinski definition) is 4. The molecule has 0 aliphatic carbocycles. The highest BCUT2D eigenvalue weighted by Gasteiger charge is 2.28. The van der Waals surface area contributed by atoms with Crippen molar-refractivity contribution in [2.45, 2.75) is 13.8 Å². The summed E-state index contributed by atoms with van der Waals surface area (Å²) in [6, 6.07) is 9.28. The van der Waals surface area contributed by atoms with Crippen LogP contribution in [0.4, 0.5) is 5.69 Å². The molecule has 0 amide bonds. The minimum Gasteiger partial charge on any atom is -0.469 e. The van der Waals surface area contributed by atoms with Crippen molar-refractivity contribution in [3.8, 4) is 6.07 Å². The van der Waals surface area contributed by atoms with E-state index in [2.05, 4.69) is 11.4 Å². The minimum absolute atomic E-state index is 0.278. The summed E-state index contributed by atoms with van der Waals surface area (Å²) in [4.78, 5) is 11.5. The lowest BCUT2D eigenvalue weighted by Crippen LogP contribution is -2.33. The number of methoxy groups -OCH3 is 1. The van der Waals surface area contributed by atoms with E-state index in [-0.39, 0.29) is 5.97 Å². The fourth-order valence-electron chi connectivity index (χ4n) is 1.40. The first-order valence-corrected chi connectivity index (χ1v) is 5.32. The summed E-state index contributed by atoms with van der Waals surface area (Å²) >= 11 is 0. The van der Waals surface area contributed by atoms with Crippen LogP contribution in [0.15, 0.2) is 24.3 Å². The molecule has 0 unspecified atom stereocenters. The summed E-state index contributed by atoms with van der Waals surface area (Å²) in [7, 11) is 1.37. The number of esters is 1. The second kappa shape index (κ2) is 5.35. The fraction of sp³-hybridized carbons (Fsp3) is 0.385. The van der Waals surface area contributed by atoms with E-state index in [0.29, 0.717) is 12.1 Å². The van der Waals surface area contributed by atoms with Gasteiger partial charge in [-0.1, -0.05) is 12.1 Å². The summed E-state index contributed by atoms with van der Waals surface area (Å²) in [5, 5.41) is 12.0. The summed E-state index contributed by atoms with van der Waals surface area (Å²) in [5.74, 6) is -0.278. The summed E-state index contributed by atoms with van der Waals surface area (Å²) < 4.78 is 4.72. The van der Waals surface area contributed by atoms with Crippen LogP contribution in [0.1, 0.15) is 19.4 Å². The predicted octanol–water partition coefficient (Wildman–Crippen LogP) is 2.17. The molecule has 1 aromatic rings. The highest BCUT2D eigenvalue weighted by atomic mass is 16.5. The predicted molar refractivity (Wildman–Crippen MR) is 65.4 cm³/mol. The third-order valence-corrected chi connectivity index (χ3v) is 2.51. The molecule has 0 heterocycles. The largest absolute Gasteiger partial charge is 0.469 e. The van der Waals surface area contributed by atoms with Crippen molar-refractivity contribution in [2.75, 3.05) is 19.0 Å². The van der Waals surface area contributed by atoms with E-state index in [1.54, 1.807) is 26.0 Å². The molecule has 0 atom stereocenters. The Morgan fingerprint density at radius 2 is 2.12 bits per heavy atom. The molecular weight excluding hydrogens is 216 g/mol. The number of hydrogen-bond donors (Lipinski definition) is 1. The van der Waals surface area contributed by atoms with Gasteiger partial charge in [0.2, 0.25) is 0 Å². The Kier molecular flexibility index (Phi) is 4.11. The van der Waals surface area contributed by atoms with Gasteiger partial charge in [-0.25, -0.2) is 0 Å². The molecule has 90 valence electrons. The second-order valence-corrected chi connectivity index (χ2v) is 4.39. The third kappa shape index (κ3) is 3.22. The SMILES string of the molecule is COC(=O)C(C)(C)CNc1ccccc1C#N. The summed E-state index contributed by atoms with van der Waals surface area (Å²) in [6.45, 7) is 4.00. The molecule has 4 nitrogen and oxygen atoms in total. The van der Waals surface area contributed by atoms with Gasteiger partial charge in [-0.3, -0.25) is 4.79 Å². The Morgan fingerprint density at radius 1 is 1.47 bits per heavy atom. The molecule has 0 aliphatic rings. The smallest absolute Gasteiger partial charge is 0.313 e. The van der Waals surface area contributed by atoms with Crippen LogP contribution in [0, 0.1) is 16.7 Å². The number of carbonyl (C=O) groups excluding carboxylic acids is 1. The number of anilines is 1. The number of rotatable bonds is 4. The van der Waals surface area contributed by atoms with E-state index in [0.717, 1.165) is 5.69 Å². The van der Waals surface area contributed by atoms with Crippen molar-refractivity contribution in [1.29, 1.82) is 5.26 Å². The van der Waals surface area contributed by atoms with Crippen LogP contribution in [0.2, 0.25) is 0 Å². The minimum atomic E-state index is -0.628. The number of benzene rings is 1. The van der Waals surface area contributed by atoms with Crippen LogP contribution >= 0.6 is 0 Å². The zero-order chi connectivity index (χ0) is 12.9. The second-order valence-electron chi connectivity index (χ2n) is 4.39. The number of nitrogens with one attached hydrogen (secondary N) is 1. The lowest BCUT2D eigenvalue weighted by Gasteiger charge is -2.22. The van der Waals surface area contributed by atoms with Crippen molar-refractivity contribution in [3.63, 3.8) is 0 Å². The average molecular weight is 232 g/mol. The van der Waals surface area contributed by atoms with Crippen molar-refractivity contribution < 1.29 is 9.53 Å². The molecule has 0 saturated heterocycles. The molecule has 0 radical (unpaired) electrons. The molecule has 1 rings (SSSR count). The summed E-state index contributed by atoms with van der Waals surface area (Å²) in [6.07, 6.45) is 0. The topological polar surface area (TPSA) is 62.1 Å². The molecule has 1 aromatic carbocycles. The van der Waals surface area contributed by atoms with Gasteiger partial charge in [0.05, 0.1) is 23.8 Å². The molecule has 0 spiro atoms. The summed E-state index contributed by atoms with van der Waals surface area (Å²) in [5.41, 5.74) is 0.664. The van der Waals surface area contributed by atoms with E-state index in [1.807, 2.05) is 12.1 Å². The number of carbonyl (C=O) groups is 1. The molecule has 1 N–H and O–H groups in total. The Morgan fingerprint density at radius 3 is 2.71 bits per heavy atom. The number of ether oxygens (including phenoxy) is 1. The third-order valence-electron chi connectivity index (χ3n) is 2.51. The highest BCUT2D eigenvalue weighted by Crippen LogP contribution is 2.20. The molecule has 0 aliphatic heterocycles. The van der Waals surface area contributed by atoms with Crippen molar-refractivity contribution >= 4 is 11.7 Å². The maximum atomic E-state index is 11.5. The Hall–Kier alpha value is -2.02. The first-order valence-electron chi connectivity index (χ1n) is 5.32. The van der Waals surface area contributed by atoms with Crippen LogP contribution in [-0.2, 0) is 9.53 Å². The first-order chi connectivity index (χ1) is 8.01. The quantitative estimate of drug-likeness (QED) is 0.808. The number of nitrogens with zero attached hydrogens (tertiary/aromatic N) is 1. The maximum absolute atomic E-state index is 11.5. The first kappa shape index (κ1) is 13.0. The van der Waals surface area contributed by atoms with Gasteiger partial charge in [-0.05, 0) is 26.0 Å². The van der Waals surface area contributed by atoms with Gasteiger partial charge in [0, 0.05) is 6.54 Å². The van der Waals surface area contributed by atoms with Gasteiger partial charge in [-0.15, -0.1) is 0 Å². The highest BCUT2D eigenvalue weighted by molar-refractivity contribution is 5.76. The fourth-order valence-corrected chi connectivity index (χ4v) is 1.40. The van der Waals surface area contributed by atoms with Gasteiger partial charge >= 0.3 is 5.97 Å². The number of para-hydroxylation sites is 1. The standard InChI is InChI=1S/C13H16N2O2/c1-13(2,12(16)17-3)9-15-11-7-5-4-6-10(11)8-14/h4-7,15H,9H2,1-3H3. The van der Waals surface area contributed by atoms with Gasteiger partial charge < -0.3 is 10.1 Å². The van der Waals surface area contributed by atoms with Crippen molar-refractivity contribution in [1.82, 2.24) is 0 Å². The zero-order valence-electron chi connectivity index (χ0n) is 10.3. The molecule has 17 heavy (non-hydrogen) atoms. The number of nitriles is 1. The normalized spacial score (nSPS) is 10.5. The van der Waals surface area contributed by atoms with E-state index in [4.69, 9.17) is 10.00 Å². The van der Waals surface area contributed by atoms with E-state index >= 15 is 0 Å². The molecular formula is C13H16N2O2. The monoisotopic (exact) mass is 232 g/mol. The van der Waals surface area contributed by atoms with Crippen molar-refractivity contribution in [2.24, 2.45) is 5.41 Å². The van der Waals surface area contributed by atoms with Gasteiger partial charge in [-0.2, -0.15) is 5.26 Å². The lowest BCUT2D eigenvalue weighted by atomic mass is 9.93. The molecule has 0 aromatic heterocycles. The molecule has 0 bridgehead atoms. The average Bonchev–Trinajstić information content (AvgIpc) is 2.35. The van der Waals surface area contributed by atoms with E-state index in [9.17, 15) is 4.79 Å². The molecule has 0 fully saturated rings.